The van der Waals surface area contributed by atoms with Gasteiger partial charge in [0.1, 0.15) is 18.1 Å². The average Bonchev–Trinajstić information content (AvgIpc) is 3.25. The van der Waals surface area contributed by atoms with E-state index in [9.17, 15) is 14.7 Å². The molecular formula is C31H33FN4O4. The van der Waals surface area contributed by atoms with Crippen molar-refractivity contribution in [3.05, 3.63) is 123 Å². The van der Waals surface area contributed by atoms with E-state index in [1.54, 1.807) is 26.0 Å². The number of aliphatic hydroxyl groups is 1. The number of amides is 1. The number of nitrogens with one attached hydrogen (secondary N) is 1. The van der Waals surface area contributed by atoms with Gasteiger partial charge in [-0.3, -0.25) is 9.36 Å². The van der Waals surface area contributed by atoms with Gasteiger partial charge in [-0.1, -0.05) is 60.7 Å². The summed E-state index contributed by atoms with van der Waals surface area (Å²) in [5.74, 6) is -1.69. The maximum Gasteiger partial charge on any atom is 0.350 e. The first-order valence-corrected chi connectivity index (χ1v) is 13.0. The second-order valence-electron chi connectivity index (χ2n) is 9.57. The lowest BCUT2D eigenvalue weighted by Gasteiger charge is -2.20. The normalized spacial score (nSPS) is 11.8. The molecular weight excluding hydrogens is 511 g/mol. The summed E-state index contributed by atoms with van der Waals surface area (Å²) in [5, 5.41) is 17.4. The van der Waals surface area contributed by atoms with E-state index < -0.39 is 23.3 Å². The van der Waals surface area contributed by atoms with Crippen LogP contribution in [0.25, 0.3) is 5.69 Å². The molecule has 1 aromatic heterocycles. The summed E-state index contributed by atoms with van der Waals surface area (Å²) in [6, 6.07) is 19.3. The number of hydrogen-bond acceptors (Lipinski definition) is 5. The van der Waals surface area contributed by atoms with Crippen molar-refractivity contribution in [1.82, 2.24) is 14.3 Å². The van der Waals surface area contributed by atoms with Crippen LogP contribution in [-0.4, -0.2) is 32.0 Å². The molecule has 0 spiro atoms. The molecule has 40 heavy (non-hydrogen) atoms. The molecule has 1 heterocycles. The summed E-state index contributed by atoms with van der Waals surface area (Å²) in [6.07, 6.45) is 0. The van der Waals surface area contributed by atoms with Crippen LogP contribution in [0.2, 0.25) is 0 Å². The fourth-order valence-electron chi connectivity index (χ4n) is 4.50. The maximum atomic E-state index is 15.7. The predicted molar refractivity (Wildman–Crippen MR) is 152 cm³/mol. The van der Waals surface area contributed by atoms with E-state index in [4.69, 9.17) is 4.74 Å². The third kappa shape index (κ3) is 6.11. The molecule has 3 aromatic carbocycles. The number of ether oxygens (including phenoxy) is 1. The molecule has 0 saturated carbocycles. The number of benzene rings is 3. The highest BCUT2D eigenvalue weighted by atomic mass is 19.1. The summed E-state index contributed by atoms with van der Waals surface area (Å²) < 4.78 is 23.8. The second-order valence-corrected chi connectivity index (χ2v) is 9.57. The fraction of sp³-hybridized carbons (Fsp3) is 0.258. The first-order chi connectivity index (χ1) is 19.2. The average molecular weight is 545 g/mol. The minimum atomic E-state index is -0.809. The Kier molecular flexibility index (Phi) is 9.08. The van der Waals surface area contributed by atoms with Crippen LogP contribution in [-0.2, 0) is 24.5 Å². The summed E-state index contributed by atoms with van der Waals surface area (Å²) in [4.78, 5) is 26.6. The van der Waals surface area contributed by atoms with Gasteiger partial charge in [-0.05, 0) is 55.7 Å². The molecule has 2 N–H and O–H groups in total. The Labute approximate surface area is 232 Å². The van der Waals surface area contributed by atoms with Gasteiger partial charge in [0.25, 0.3) is 5.91 Å². The monoisotopic (exact) mass is 544 g/mol. The quantitative estimate of drug-likeness (QED) is 0.255. The number of aryl methyl sites for hydroxylation is 1. The number of aromatic nitrogens is 3. The number of rotatable bonds is 11. The predicted octanol–water partition coefficient (Wildman–Crippen LogP) is 5.12. The van der Waals surface area contributed by atoms with Crippen LogP contribution < -0.4 is 11.0 Å². The Hall–Kier alpha value is -4.34. The van der Waals surface area contributed by atoms with Crippen molar-refractivity contribution in [3.63, 3.8) is 0 Å². The Balaban J connectivity index is 1.73. The highest BCUT2D eigenvalue weighted by Crippen LogP contribution is 2.30. The molecule has 4 aromatic rings. The van der Waals surface area contributed by atoms with Gasteiger partial charge in [0, 0.05) is 23.7 Å². The molecule has 208 valence electrons. The lowest BCUT2D eigenvalue weighted by atomic mass is 9.89. The molecule has 0 aliphatic rings. The standard InChI is InChI=1S/C31H33FN4O4/c1-5-35-29(19-40-18-22-12-7-6-8-13-22)34-36(31(35)39)28-16-23(25(17-37)20(2)3)24(15-26(28)32)30(38)33-27-14-10-9-11-21(27)4/h6-16,25,37H,2,5,17-19H2,1,3-4H3,(H,33,38). The molecule has 1 atom stereocenters. The van der Waals surface area contributed by atoms with Gasteiger partial charge >= 0.3 is 5.69 Å². The first-order valence-electron chi connectivity index (χ1n) is 13.0. The Morgan fingerprint density at radius 2 is 1.82 bits per heavy atom. The van der Waals surface area contributed by atoms with Crippen LogP contribution in [0.3, 0.4) is 0 Å². The molecule has 0 saturated heterocycles. The van der Waals surface area contributed by atoms with Crippen molar-refractivity contribution >= 4 is 11.6 Å². The Morgan fingerprint density at radius 3 is 2.48 bits per heavy atom. The van der Waals surface area contributed by atoms with Crippen molar-refractivity contribution in [2.75, 3.05) is 11.9 Å². The highest BCUT2D eigenvalue weighted by Gasteiger charge is 2.25. The molecule has 9 heteroatoms. The zero-order valence-corrected chi connectivity index (χ0v) is 22.9. The van der Waals surface area contributed by atoms with Gasteiger partial charge in [0.05, 0.1) is 13.2 Å². The smallest absolute Gasteiger partial charge is 0.350 e. The minimum absolute atomic E-state index is 0.0287. The molecule has 1 unspecified atom stereocenters. The van der Waals surface area contributed by atoms with Crippen LogP contribution in [0, 0.1) is 12.7 Å². The third-order valence-electron chi connectivity index (χ3n) is 6.74. The number of anilines is 1. The number of carbonyl (C=O) groups excluding carboxylic acids is 1. The largest absolute Gasteiger partial charge is 0.395 e. The zero-order valence-electron chi connectivity index (χ0n) is 22.9. The Bertz CT molecular complexity index is 1580. The van der Waals surface area contributed by atoms with Crippen LogP contribution in [0.15, 0.2) is 83.7 Å². The van der Waals surface area contributed by atoms with Crippen molar-refractivity contribution < 1.29 is 19.0 Å². The van der Waals surface area contributed by atoms with Gasteiger partial charge in [0.2, 0.25) is 0 Å². The number of nitrogens with zero attached hydrogens (tertiary/aromatic N) is 3. The van der Waals surface area contributed by atoms with E-state index in [-0.39, 0.29) is 24.5 Å². The summed E-state index contributed by atoms with van der Waals surface area (Å²) in [5.41, 5.74) is 2.65. The van der Waals surface area contributed by atoms with Crippen LogP contribution in [0.5, 0.6) is 0 Å². The van der Waals surface area contributed by atoms with E-state index in [0.717, 1.165) is 21.9 Å². The topological polar surface area (TPSA) is 98.4 Å². The van der Waals surface area contributed by atoms with Gasteiger partial charge in [0.15, 0.2) is 5.82 Å². The van der Waals surface area contributed by atoms with Crippen molar-refractivity contribution in [1.29, 1.82) is 0 Å². The Morgan fingerprint density at radius 1 is 1.12 bits per heavy atom. The second kappa shape index (κ2) is 12.7. The molecule has 8 nitrogen and oxygen atoms in total. The fourth-order valence-corrected chi connectivity index (χ4v) is 4.50. The van der Waals surface area contributed by atoms with Crippen LogP contribution >= 0.6 is 0 Å². The third-order valence-corrected chi connectivity index (χ3v) is 6.74. The van der Waals surface area contributed by atoms with Crippen molar-refractivity contribution in [2.24, 2.45) is 0 Å². The van der Waals surface area contributed by atoms with Crippen molar-refractivity contribution in [2.45, 2.75) is 46.4 Å². The lowest BCUT2D eigenvalue weighted by molar-refractivity contribution is 0.0989. The van der Waals surface area contributed by atoms with Crippen LogP contribution in [0.1, 0.15) is 52.6 Å². The number of para-hydroxylation sites is 1. The summed E-state index contributed by atoms with van der Waals surface area (Å²) >= 11 is 0. The molecule has 4 rings (SSSR count). The van der Waals surface area contributed by atoms with Gasteiger partial charge in [-0.25, -0.2) is 9.18 Å². The van der Waals surface area contributed by atoms with E-state index >= 15 is 4.39 Å². The SMILES string of the molecule is C=C(C)C(CO)c1cc(-n2nc(COCc3ccccc3)n(CC)c2=O)c(F)cc1C(=O)Nc1ccccc1C. The zero-order chi connectivity index (χ0) is 28.8. The van der Waals surface area contributed by atoms with Gasteiger partial charge < -0.3 is 15.2 Å². The van der Waals surface area contributed by atoms with E-state index in [1.807, 2.05) is 49.4 Å². The van der Waals surface area contributed by atoms with Crippen molar-refractivity contribution in [3.8, 4) is 5.69 Å². The van der Waals surface area contributed by atoms with E-state index in [1.165, 1.54) is 10.6 Å². The number of carbonyl (C=O) groups is 1. The molecule has 1 amide bonds. The molecule has 0 bridgehead atoms. The number of aliphatic hydroxyl groups excluding tert-OH is 1. The molecule has 0 fully saturated rings. The summed E-state index contributed by atoms with van der Waals surface area (Å²) in [6.45, 7) is 9.61. The summed E-state index contributed by atoms with van der Waals surface area (Å²) in [7, 11) is 0. The molecule has 0 radical (unpaired) electrons. The van der Waals surface area contributed by atoms with E-state index in [0.29, 0.717) is 35.8 Å². The molecule has 0 aliphatic carbocycles. The maximum absolute atomic E-state index is 15.7. The molecule has 0 aliphatic heterocycles. The van der Waals surface area contributed by atoms with Gasteiger partial charge in [-0.2, -0.15) is 4.68 Å². The van der Waals surface area contributed by atoms with E-state index in [2.05, 4.69) is 17.0 Å². The highest BCUT2D eigenvalue weighted by molar-refractivity contribution is 6.06. The van der Waals surface area contributed by atoms with Gasteiger partial charge in [-0.15, -0.1) is 5.10 Å². The first kappa shape index (κ1) is 28.7. The number of hydrogen-bond donors (Lipinski definition) is 2. The van der Waals surface area contributed by atoms with Crippen LogP contribution in [0.4, 0.5) is 10.1 Å². The number of halogens is 1. The minimum Gasteiger partial charge on any atom is -0.395 e. The lowest BCUT2D eigenvalue weighted by Crippen LogP contribution is -2.25.